The van der Waals surface area contributed by atoms with E-state index in [-0.39, 0.29) is 12.5 Å². The van der Waals surface area contributed by atoms with Crippen molar-refractivity contribution in [1.82, 2.24) is 0 Å². The molecule has 0 bridgehead atoms. The van der Waals surface area contributed by atoms with Crippen molar-refractivity contribution < 1.29 is 19.7 Å². The summed E-state index contributed by atoms with van der Waals surface area (Å²) < 4.78 is 10.5. The van der Waals surface area contributed by atoms with Gasteiger partial charge in [0.1, 0.15) is 5.75 Å². The molecule has 0 radical (unpaired) electrons. The average Bonchev–Trinajstić information content (AvgIpc) is 2.91. The Bertz CT molecular complexity index is 636. The summed E-state index contributed by atoms with van der Waals surface area (Å²) in [6.07, 6.45) is -0.343. The third-order valence-corrected chi connectivity index (χ3v) is 3.52. The first kappa shape index (κ1) is 12.8. The first-order valence-electron chi connectivity index (χ1n) is 6.50. The van der Waals surface area contributed by atoms with E-state index in [1.54, 1.807) is 12.1 Å². The maximum atomic E-state index is 10.3. The highest BCUT2D eigenvalue weighted by Crippen LogP contribution is 2.35. The van der Waals surface area contributed by atoms with Crippen molar-refractivity contribution in [2.45, 2.75) is 19.4 Å². The Kier molecular flexibility index (Phi) is 3.24. The predicted octanol–water partition coefficient (Wildman–Crippen LogP) is 2.71. The van der Waals surface area contributed by atoms with E-state index in [0.29, 0.717) is 17.9 Å². The fraction of sp³-hybridized carbons (Fsp3) is 0.250. The van der Waals surface area contributed by atoms with Gasteiger partial charge in [0.15, 0.2) is 11.5 Å². The molecule has 2 aromatic rings. The minimum absolute atomic E-state index is 0.216. The van der Waals surface area contributed by atoms with Crippen LogP contribution in [0.3, 0.4) is 0 Å². The van der Waals surface area contributed by atoms with Gasteiger partial charge < -0.3 is 19.7 Å². The summed E-state index contributed by atoms with van der Waals surface area (Å²) in [6, 6.07) is 10.9. The molecule has 0 aromatic heterocycles. The molecule has 1 atom stereocenters. The molecule has 1 unspecified atom stereocenters. The van der Waals surface area contributed by atoms with Gasteiger partial charge in [0.05, 0.1) is 6.10 Å². The van der Waals surface area contributed by atoms with Crippen LogP contribution in [0.2, 0.25) is 0 Å². The van der Waals surface area contributed by atoms with Gasteiger partial charge in [-0.05, 0) is 35.7 Å². The number of phenolic OH excluding ortho intramolecular Hbond substituents is 1. The van der Waals surface area contributed by atoms with Crippen molar-refractivity contribution in [3.05, 3.63) is 53.1 Å². The SMILES string of the molecule is Cc1cccc(CC(O)c2ccc3c(c2)OCO3)c1O. The summed E-state index contributed by atoms with van der Waals surface area (Å²) in [6.45, 7) is 2.05. The van der Waals surface area contributed by atoms with E-state index < -0.39 is 6.10 Å². The number of ether oxygens (including phenoxy) is 2. The van der Waals surface area contributed by atoms with Gasteiger partial charge in [0.2, 0.25) is 6.79 Å². The molecule has 0 amide bonds. The summed E-state index contributed by atoms with van der Waals surface area (Å²) >= 11 is 0. The Morgan fingerprint density at radius 1 is 1.15 bits per heavy atom. The second-order valence-electron chi connectivity index (χ2n) is 4.92. The lowest BCUT2D eigenvalue weighted by atomic mass is 9.99. The fourth-order valence-electron chi connectivity index (χ4n) is 2.33. The first-order chi connectivity index (χ1) is 9.65. The molecule has 2 aromatic carbocycles. The maximum Gasteiger partial charge on any atom is 0.231 e. The van der Waals surface area contributed by atoms with E-state index in [9.17, 15) is 10.2 Å². The number of aliphatic hydroxyl groups is 1. The minimum atomic E-state index is -0.697. The van der Waals surface area contributed by atoms with Crippen LogP contribution in [0.4, 0.5) is 0 Å². The van der Waals surface area contributed by atoms with Gasteiger partial charge in [0, 0.05) is 6.42 Å². The van der Waals surface area contributed by atoms with E-state index >= 15 is 0 Å². The highest BCUT2D eigenvalue weighted by Gasteiger charge is 2.18. The van der Waals surface area contributed by atoms with Crippen molar-refractivity contribution in [2.75, 3.05) is 6.79 Å². The van der Waals surface area contributed by atoms with Gasteiger partial charge >= 0.3 is 0 Å². The molecule has 0 saturated heterocycles. The zero-order valence-electron chi connectivity index (χ0n) is 11.2. The van der Waals surface area contributed by atoms with Crippen molar-refractivity contribution in [2.24, 2.45) is 0 Å². The lowest BCUT2D eigenvalue weighted by Crippen LogP contribution is -2.02. The molecule has 4 nitrogen and oxygen atoms in total. The molecular weight excluding hydrogens is 256 g/mol. The van der Waals surface area contributed by atoms with Crippen LogP contribution < -0.4 is 9.47 Å². The highest BCUT2D eigenvalue weighted by molar-refractivity contribution is 5.46. The molecule has 0 spiro atoms. The van der Waals surface area contributed by atoms with Crippen LogP contribution in [0, 0.1) is 6.92 Å². The quantitative estimate of drug-likeness (QED) is 0.902. The van der Waals surface area contributed by atoms with E-state index in [1.807, 2.05) is 31.2 Å². The molecule has 1 aliphatic heterocycles. The molecule has 104 valence electrons. The number of aryl methyl sites for hydroxylation is 1. The normalized spacial score (nSPS) is 14.3. The van der Waals surface area contributed by atoms with Crippen molar-refractivity contribution >= 4 is 0 Å². The number of hydrogen-bond donors (Lipinski definition) is 2. The number of hydrogen-bond acceptors (Lipinski definition) is 4. The van der Waals surface area contributed by atoms with Gasteiger partial charge in [-0.2, -0.15) is 0 Å². The third kappa shape index (κ3) is 2.30. The zero-order chi connectivity index (χ0) is 14.1. The van der Waals surface area contributed by atoms with Crippen LogP contribution in [0.5, 0.6) is 17.2 Å². The predicted molar refractivity (Wildman–Crippen MR) is 74.1 cm³/mol. The lowest BCUT2D eigenvalue weighted by Gasteiger charge is -2.13. The summed E-state index contributed by atoms with van der Waals surface area (Å²) in [5, 5.41) is 20.3. The number of phenols is 1. The summed E-state index contributed by atoms with van der Waals surface area (Å²) in [7, 11) is 0. The molecule has 3 rings (SSSR count). The van der Waals surface area contributed by atoms with Crippen LogP contribution in [-0.4, -0.2) is 17.0 Å². The van der Waals surface area contributed by atoms with Crippen LogP contribution in [-0.2, 0) is 6.42 Å². The van der Waals surface area contributed by atoms with Crippen molar-refractivity contribution in [3.63, 3.8) is 0 Å². The Hall–Kier alpha value is -2.20. The Morgan fingerprint density at radius 2 is 1.95 bits per heavy atom. The number of para-hydroxylation sites is 1. The van der Waals surface area contributed by atoms with Crippen molar-refractivity contribution in [3.8, 4) is 17.2 Å². The van der Waals surface area contributed by atoms with Crippen LogP contribution in [0.1, 0.15) is 22.8 Å². The Balaban J connectivity index is 1.82. The molecule has 4 heteroatoms. The lowest BCUT2D eigenvalue weighted by molar-refractivity contribution is 0.171. The van der Waals surface area contributed by atoms with E-state index in [2.05, 4.69) is 0 Å². The van der Waals surface area contributed by atoms with Gasteiger partial charge in [0.25, 0.3) is 0 Å². The highest BCUT2D eigenvalue weighted by atomic mass is 16.7. The Labute approximate surface area is 117 Å². The topological polar surface area (TPSA) is 58.9 Å². The minimum Gasteiger partial charge on any atom is -0.507 e. The smallest absolute Gasteiger partial charge is 0.231 e. The maximum absolute atomic E-state index is 10.3. The number of aromatic hydroxyl groups is 1. The Morgan fingerprint density at radius 3 is 2.80 bits per heavy atom. The van der Waals surface area contributed by atoms with Gasteiger partial charge in [-0.15, -0.1) is 0 Å². The summed E-state index contributed by atoms with van der Waals surface area (Å²) in [5.41, 5.74) is 2.28. The second kappa shape index (κ2) is 5.06. The monoisotopic (exact) mass is 272 g/mol. The van der Waals surface area contributed by atoms with E-state index in [4.69, 9.17) is 9.47 Å². The van der Waals surface area contributed by atoms with Crippen molar-refractivity contribution in [1.29, 1.82) is 0 Å². The third-order valence-electron chi connectivity index (χ3n) is 3.52. The largest absolute Gasteiger partial charge is 0.507 e. The summed E-state index contributed by atoms with van der Waals surface area (Å²) in [4.78, 5) is 0. The van der Waals surface area contributed by atoms with Crippen LogP contribution in [0.25, 0.3) is 0 Å². The number of rotatable bonds is 3. The molecule has 2 N–H and O–H groups in total. The second-order valence-corrected chi connectivity index (χ2v) is 4.92. The zero-order valence-corrected chi connectivity index (χ0v) is 11.2. The standard InChI is InChI=1S/C16H16O4/c1-10-3-2-4-12(16(10)18)7-13(17)11-5-6-14-15(8-11)20-9-19-14/h2-6,8,13,17-18H,7,9H2,1H3. The molecule has 20 heavy (non-hydrogen) atoms. The molecule has 1 aliphatic rings. The molecule has 1 heterocycles. The number of benzene rings is 2. The van der Waals surface area contributed by atoms with E-state index in [1.165, 1.54) is 0 Å². The summed E-state index contributed by atoms with van der Waals surface area (Å²) in [5.74, 6) is 1.58. The molecule has 0 fully saturated rings. The fourth-order valence-corrected chi connectivity index (χ4v) is 2.33. The van der Waals surface area contributed by atoms with Crippen LogP contribution in [0.15, 0.2) is 36.4 Å². The molecular formula is C16H16O4. The van der Waals surface area contributed by atoms with Gasteiger partial charge in [-0.1, -0.05) is 24.3 Å². The van der Waals surface area contributed by atoms with Gasteiger partial charge in [-0.25, -0.2) is 0 Å². The molecule has 0 aliphatic carbocycles. The average molecular weight is 272 g/mol. The number of aliphatic hydroxyl groups excluding tert-OH is 1. The molecule has 0 saturated carbocycles. The first-order valence-corrected chi connectivity index (χ1v) is 6.50. The van der Waals surface area contributed by atoms with Crippen LogP contribution >= 0.6 is 0 Å². The number of fused-ring (bicyclic) bond motifs is 1. The van der Waals surface area contributed by atoms with Gasteiger partial charge in [-0.3, -0.25) is 0 Å². The van der Waals surface area contributed by atoms with E-state index in [0.717, 1.165) is 16.7 Å².